The van der Waals surface area contributed by atoms with Crippen LogP contribution in [-0.2, 0) is 0 Å². The number of anilines is 1. The number of nitrogens with one attached hydrogen (secondary N) is 1. The lowest BCUT2D eigenvalue weighted by Gasteiger charge is -2.07. The summed E-state index contributed by atoms with van der Waals surface area (Å²) >= 11 is 3.03. The first-order valence-electron chi connectivity index (χ1n) is 5.33. The molecule has 2 rings (SSSR count). The highest BCUT2D eigenvalue weighted by atomic mass is 79.9. The van der Waals surface area contributed by atoms with Crippen molar-refractivity contribution in [2.45, 2.75) is 6.92 Å². The lowest BCUT2D eigenvalue weighted by atomic mass is 10.1. The van der Waals surface area contributed by atoms with Crippen LogP contribution >= 0.6 is 15.9 Å². The van der Waals surface area contributed by atoms with Crippen LogP contribution in [0.25, 0.3) is 11.3 Å². The van der Waals surface area contributed by atoms with E-state index in [1.165, 1.54) is 24.5 Å². The zero-order valence-corrected chi connectivity index (χ0v) is 11.1. The number of rotatable bonds is 3. The third-order valence-corrected chi connectivity index (χ3v) is 2.94. The summed E-state index contributed by atoms with van der Waals surface area (Å²) in [4.78, 5) is 7.86. The van der Waals surface area contributed by atoms with Crippen LogP contribution in [0.15, 0.2) is 29.0 Å². The fourth-order valence-electron chi connectivity index (χ4n) is 1.53. The molecule has 0 saturated heterocycles. The number of hydrogen-bond donors (Lipinski definition) is 1. The predicted molar refractivity (Wildman–Crippen MR) is 69.2 cm³/mol. The lowest BCUT2D eigenvalue weighted by Crippen LogP contribution is -2.01. The summed E-state index contributed by atoms with van der Waals surface area (Å²) in [6, 6.07) is 4.02. The molecule has 0 spiro atoms. The summed E-state index contributed by atoms with van der Waals surface area (Å²) in [5.41, 5.74) is 0.0446. The Kier molecular flexibility index (Phi) is 3.86. The van der Waals surface area contributed by atoms with Gasteiger partial charge in [0.15, 0.2) is 0 Å². The maximum absolute atomic E-state index is 13.9. The Bertz CT molecular complexity index is 575. The van der Waals surface area contributed by atoms with Gasteiger partial charge in [-0.2, -0.15) is 0 Å². The van der Waals surface area contributed by atoms with Gasteiger partial charge in [-0.1, -0.05) is 0 Å². The van der Waals surface area contributed by atoms with Gasteiger partial charge < -0.3 is 5.32 Å². The summed E-state index contributed by atoms with van der Waals surface area (Å²) < 4.78 is 27.8. The molecule has 1 aromatic heterocycles. The van der Waals surface area contributed by atoms with Crippen LogP contribution in [0, 0.1) is 11.6 Å². The Labute approximate surface area is 111 Å². The van der Waals surface area contributed by atoms with Gasteiger partial charge in [-0.15, -0.1) is 0 Å². The maximum atomic E-state index is 13.9. The quantitative estimate of drug-likeness (QED) is 0.880. The van der Waals surface area contributed by atoms with Gasteiger partial charge in [0.1, 0.15) is 23.8 Å². The smallest absolute Gasteiger partial charge is 0.149 e. The van der Waals surface area contributed by atoms with E-state index in [9.17, 15) is 8.78 Å². The molecule has 0 unspecified atom stereocenters. The second kappa shape index (κ2) is 5.39. The molecule has 1 N–H and O–H groups in total. The second-order valence-electron chi connectivity index (χ2n) is 3.54. The minimum absolute atomic E-state index is 0.161. The molecule has 0 aliphatic heterocycles. The number of hydrogen-bond acceptors (Lipinski definition) is 3. The average Bonchev–Trinajstić information content (AvgIpc) is 2.35. The summed E-state index contributed by atoms with van der Waals surface area (Å²) in [7, 11) is 0. The molecule has 18 heavy (non-hydrogen) atoms. The van der Waals surface area contributed by atoms with Crippen molar-refractivity contribution < 1.29 is 8.78 Å². The highest BCUT2D eigenvalue weighted by molar-refractivity contribution is 9.10. The number of benzene rings is 1. The van der Waals surface area contributed by atoms with Crippen LogP contribution in [0.5, 0.6) is 0 Å². The molecular formula is C12H10BrF2N3. The van der Waals surface area contributed by atoms with E-state index in [0.29, 0.717) is 12.4 Å². The van der Waals surface area contributed by atoms with E-state index in [0.717, 1.165) is 0 Å². The number of aromatic nitrogens is 2. The van der Waals surface area contributed by atoms with E-state index < -0.39 is 11.6 Å². The van der Waals surface area contributed by atoms with Crippen molar-refractivity contribution in [1.82, 2.24) is 9.97 Å². The molecule has 0 aliphatic rings. The van der Waals surface area contributed by atoms with Crippen molar-refractivity contribution in [3.63, 3.8) is 0 Å². The number of halogens is 3. The van der Waals surface area contributed by atoms with Gasteiger partial charge in [-0.3, -0.25) is 0 Å². The van der Waals surface area contributed by atoms with E-state index in [4.69, 9.17) is 0 Å². The molecule has 6 heteroatoms. The van der Waals surface area contributed by atoms with Crippen LogP contribution in [0.3, 0.4) is 0 Å². The topological polar surface area (TPSA) is 37.8 Å². The van der Waals surface area contributed by atoms with Gasteiger partial charge in [-0.25, -0.2) is 18.7 Å². The van der Waals surface area contributed by atoms with Crippen molar-refractivity contribution in [1.29, 1.82) is 0 Å². The Morgan fingerprint density at radius 3 is 2.78 bits per heavy atom. The first-order valence-corrected chi connectivity index (χ1v) is 6.12. The predicted octanol–water partition coefficient (Wildman–Crippen LogP) is 3.62. The van der Waals surface area contributed by atoms with Gasteiger partial charge >= 0.3 is 0 Å². The van der Waals surface area contributed by atoms with Gasteiger partial charge in [0.2, 0.25) is 0 Å². The molecular weight excluding hydrogens is 304 g/mol. The Hall–Kier alpha value is -1.56. The molecule has 0 radical (unpaired) electrons. The van der Waals surface area contributed by atoms with Gasteiger partial charge in [0.05, 0.1) is 15.7 Å². The van der Waals surface area contributed by atoms with Crippen molar-refractivity contribution in [3.05, 3.63) is 40.6 Å². The van der Waals surface area contributed by atoms with Crippen LogP contribution in [0.4, 0.5) is 14.6 Å². The normalized spacial score (nSPS) is 10.4. The fraction of sp³-hybridized carbons (Fsp3) is 0.167. The van der Waals surface area contributed by atoms with Crippen molar-refractivity contribution >= 4 is 21.7 Å². The molecule has 0 atom stereocenters. The molecule has 3 nitrogen and oxygen atoms in total. The maximum Gasteiger partial charge on any atom is 0.149 e. The van der Waals surface area contributed by atoms with E-state index in [-0.39, 0.29) is 15.7 Å². The Balaban J connectivity index is 2.55. The first-order chi connectivity index (χ1) is 8.63. The highest BCUT2D eigenvalue weighted by Gasteiger charge is 2.16. The zero-order chi connectivity index (χ0) is 13.1. The lowest BCUT2D eigenvalue weighted by molar-refractivity contribution is 0.584. The van der Waals surface area contributed by atoms with Gasteiger partial charge in [0, 0.05) is 12.6 Å². The minimum Gasteiger partial charge on any atom is -0.370 e. The van der Waals surface area contributed by atoms with Crippen LogP contribution in [0.1, 0.15) is 6.92 Å². The van der Waals surface area contributed by atoms with Crippen molar-refractivity contribution in [3.8, 4) is 11.3 Å². The molecule has 1 heterocycles. The van der Waals surface area contributed by atoms with E-state index in [2.05, 4.69) is 31.2 Å². The minimum atomic E-state index is -0.670. The summed E-state index contributed by atoms with van der Waals surface area (Å²) in [6.07, 6.45) is 1.27. The van der Waals surface area contributed by atoms with E-state index >= 15 is 0 Å². The third kappa shape index (κ3) is 2.48. The average molecular weight is 314 g/mol. The SMILES string of the molecule is CCNc1cc(-c2c(F)ccc(Br)c2F)ncn1. The second-order valence-corrected chi connectivity index (χ2v) is 4.39. The fourth-order valence-corrected chi connectivity index (χ4v) is 1.86. The Morgan fingerprint density at radius 1 is 1.28 bits per heavy atom. The molecule has 0 fully saturated rings. The summed E-state index contributed by atoms with van der Waals surface area (Å²) in [5.74, 6) is -0.797. The largest absolute Gasteiger partial charge is 0.370 e. The molecule has 1 aromatic carbocycles. The van der Waals surface area contributed by atoms with E-state index in [1.807, 2.05) is 6.92 Å². The third-order valence-electron chi connectivity index (χ3n) is 2.33. The van der Waals surface area contributed by atoms with Crippen molar-refractivity contribution in [2.75, 3.05) is 11.9 Å². The van der Waals surface area contributed by atoms with Crippen LogP contribution in [-0.4, -0.2) is 16.5 Å². The first kappa shape index (κ1) is 12.9. The zero-order valence-electron chi connectivity index (χ0n) is 9.54. The summed E-state index contributed by atoms with van der Waals surface area (Å²) in [6.45, 7) is 2.57. The standard InChI is InChI=1S/C12H10BrF2N3/c1-2-16-10-5-9(17-6-18-10)11-8(14)4-3-7(13)12(11)15/h3-6H,2H2,1H3,(H,16,17,18). The molecule has 94 valence electrons. The van der Waals surface area contributed by atoms with Crippen LogP contribution < -0.4 is 5.32 Å². The van der Waals surface area contributed by atoms with E-state index in [1.54, 1.807) is 0 Å². The molecule has 2 aromatic rings. The van der Waals surface area contributed by atoms with Gasteiger partial charge in [-0.05, 0) is 35.0 Å². The van der Waals surface area contributed by atoms with Crippen molar-refractivity contribution in [2.24, 2.45) is 0 Å². The van der Waals surface area contributed by atoms with Crippen LogP contribution in [0.2, 0.25) is 0 Å². The molecule has 0 aliphatic carbocycles. The molecule has 0 amide bonds. The molecule has 0 bridgehead atoms. The molecule has 0 saturated carbocycles. The summed E-state index contributed by atoms with van der Waals surface area (Å²) in [5, 5.41) is 2.96. The monoisotopic (exact) mass is 313 g/mol. The highest BCUT2D eigenvalue weighted by Crippen LogP contribution is 2.29. The van der Waals surface area contributed by atoms with Gasteiger partial charge in [0.25, 0.3) is 0 Å². The number of nitrogens with zero attached hydrogens (tertiary/aromatic N) is 2. The Morgan fingerprint density at radius 2 is 2.06 bits per heavy atom.